The number of hydrogen-bond donors (Lipinski definition) is 1. The lowest BCUT2D eigenvalue weighted by Crippen LogP contribution is -2.25. The van der Waals surface area contributed by atoms with Crippen LogP contribution in [0.15, 0.2) is 59.6 Å². The van der Waals surface area contributed by atoms with Crippen LogP contribution in [0, 0.1) is 5.82 Å². The van der Waals surface area contributed by atoms with Crippen molar-refractivity contribution in [2.75, 3.05) is 12.4 Å². The Morgan fingerprint density at radius 2 is 1.96 bits per heavy atom. The molecule has 0 unspecified atom stereocenters. The Bertz CT molecular complexity index is 975. The second-order valence-corrected chi connectivity index (χ2v) is 7.52. The second-order valence-electron chi connectivity index (χ2n) is 6.40. The number of thioether (sulfide) groups is 1. The van der Waals surface area contributed by atoms with Crippen molar-refractivity contribution in [1.82, 2.24) is 10.3 Å². The highest BCUT2D eigenvalue weighted by molar-refractivity contribution is 7.99. The summed E-state index contributed by atoms with van der Waals surface area (Å²) >= 11 is 1.49. The molecule has 1 saturated carbocycles. The Hall–Kier alpha value is -2.60. The molecule has 1 amide bonds. The molecule has 0 spiro atoms. The first-order valence-corrected chi connectivity index (χ1v) is 9.90. The Morgan fingerprint density at radius 1 is 1.19 bits per heavy atom. The number of fused-ring (bicyclic) bond motifs is 1. The number of halogens is 1. The summed E-state index contributed by atoms with van der Waals surface area (Å²) in [7, 11) is 0. The van der Waals surface area contributed by atoms with Gasteiger partial charge in [0, 0.05) is 17.2 Å². The molecule has 0 aliphatic heterocycles. The highest BCUT2D eigenvalue weighted by atomic mass is 32.2. The number of hydrogen-bond acceptors (Lipinski definition) is 4. The molecule has 2 aromatic carbocycles. The first-order valence-electron chi connectivity index (χ1n) is 8.91. The molecule has 1 aliphatic rings. The van der Waals surface area contributed by atoms with Gasteiger partial charge in [-0.2, -0.15) is 0 Å². The van der Waals surface area contributed by atoms with Crippen molar-refractivity contribution in [3.8, 4) is 5.75 Å². The van der Waals surface area contributed by atoms with Gasteiger partial charge in [-0.05, 0) is 37.1 Å². The van der Waals surface area contributed by atoms with Crippen LogP contribution in [-0.4, -0.2) is 29.3 Å². The Balaban J connectivity index is 1.46. The van der Waals surface area contributed by atoms with Gasteiger partial charge in [-0.15, -0.1) is 11.8 Å². The van der Waals surface area contributed by atoms with E-state index in [9.17, 15) is 9.18 Å². The number of nitrogens with zero attached hydrogens (tertiary/aromatic N) is 1. The largest absolute Gasteiger partial charge is 0.490 e. The molecular weight excluding hydrogens is 363 g/mol. The normalized spacial score (nSPS) is 13.5. The summed E-state index contributed by atoms with van der Waals surface area (Å²) in [5, 5.41) is 4.65. The van der Waals surface area contributed by atoms with Crippen LogP contribution in [0.25, 0.3) is 10.9 Å². The van der Waals surface area contributed by atoms with Crippen LogP contribution < -0.4 is 10.1 Å². The molecule has 1 heterocycles. The van der Waals surface area contributed by atoms with E-state index in [0.717, 1.165) is 28.8 Å². The molecule has 1 aromatic heterocycles. The molecule has 1 fully saturated rings. The molecule has 0 radical (unpaired) electrons. The van der Waals surface area contributed by atoms with Gasteiger partial charge < -0.3 is 10.1 Å². The number of ether oxygens (including phenoxy) is 1. The standard InChI is InChI=1S/C21H19FN2O2S/c22-17-6-2-4-8-19(17)26-11-12-27-20-13-16(21(25)23-14-9-10-14)15-5-1-3-7-18(15)24-20/h1-8,13-14H,9-12H2,(H,23,25). The number of amides is 1. The van der Waals surface area contributed by atoms with Crippen LogP contribution in [0.4, 0.5) is 4.39 Å². The molecule has 4 nitrogen and oxygen atoms in total. The third-order valence-electron chi connectivity index (χ3n) is 4.28. The van der Waals surface area contributed by atoms with Gasteiger partial charge in [0.1, 0.15) is 0 Å². The Kier molecular flexibility index (Phi) is 5.25. The van der Waals surface area contributed by atoms with E-state index in [1.165, 1.54) is 17.8 Å². The summed E-state index contributed by atoms with van der Waals surface area (Å²) in [6.07, 6.45) is 2.09. The van der Waals surface area contributed by atoms with Gasteiger partial charge in [-0.25, -0.2) is 9.37 Å². The van der Waals surface area contributed by atoms with E-state index >= 15 is 0 Å². The quantitative estimate of drug-likeness (QED) is 0.485. The zero-order valence-electron chi connectivity index (χ0n) is 14.7. The van der Waals surface area contributed by atoms with E-state index in [4.69, 9.17) is 4.74 Å². The number of aromatic nitrogens is 1. The van der Waals surface area contributed by atoms with Crippen LogP contribution in [-0.2, 0) is 0 Å². The van der Waals surface area contributed by atoms with Crippen molar-refractivity contribution < 1.29 is 13.9 Å². The van der Waals surface area contributed by atoms with Gasteiger partial charge in [0.25, 0.3) is 5.91 Å². The summed E-state index contributed by atoms with van der Waals surface area (Å²) in [5.41, 5.74) is 1.43. The van der Waals surface area contributed by atoms with E-state index in [0.29, 0.717) is 24.0 Å². The van der Waals surface area contributed by atoms with Gasteiger partial charge >= 0.3 is 0 Å². The predicted molar refractivity (Wildman–Crippen MR) is 105 cm³/mol. The lowest BCUT2D eigenvalue weighted by Gasteiger charge is -2.10. The molecule has 6 heteroatoms. The smallest absolute Gasteiger partial charge is 0.252 e. The van der Waals surface area contributed by atoms with E-state index in [-0.39, 0.29) is 17.5 Å². The Labute approximate surface area is 161 Å². The fourth-order valence-corrected chi connectivity index (χ4v) is 3.50. The lowest BCUT2D eigenvalue weighted by molar-refractivity contribution is 0.0952. The number of carbonyl (C=O) groups excluding carboxylic acids is 1. The lowest BCUT2D eigenvalue weighted by atomic mass is 10.1. The van der Waals surface area contributed by atoms with Crippen LogP contribution in [0.5, 0.6) is 5.75 Å². The molecule has 0 atom stereocenters. The fourth-order valence-electron chi connectivity index (χ4n) is 2.76. The Morgan fingerprint density at radius 3 is 2.78 bits per heavy atom. The summed E-state index contributed by atoms with van der Waals surface area (Å²) in [4.78, 5) is 17.2. The van der Waals surface area contributed by atoms with Crippen LogP contribution >= 0.6 is 11.8 Å². The van der Waals surface area contributed by atoms with Crippen molar-refractivity contribution in [1.29, 1.82) is 0 Å². The molecule has 1 N–H and O–H groups in total. The first kappa shape index (κ1) is 17.8. The average Bonchev–Trinajstić information content (AvgIpc) is 3.50. The van der Waals surface area contributed by atoms with Gasteiger partial charge in [-0.1, -0.05) is 30.3 Å². The molecule has 0 saturated heterocycles. The minimum Gasteiger partial charge on any atom is -0.490 e. The maximum Gasteiger partial charge on any atom is 0.252 e. The van der Waals surface area contributed by atoms with Crippen molar-refractivity contribution >= 4 is 28.6 Å². The second kappa shape index (κ2) is 7.96. The number of benzene rings is 2. The van der Waals surface area contributed by atoms with E-state index in [2.05, 4.69) is 10.3 Å². The van der Waals surface area contributed by atoms with Gasteiger partial charge in [-0.3, -0.25) is 4.79 Å². The van der Waals surface area contributed by atoms with Crippen molar-refractivity contribution in [3.05, 3.63) is 66.0 Å². The number of para-hydroxylation sites is 2. The van der Waals surface area contributed by atoms with Gasteiger partial charge in [0.2, 0.25) is 0 Å². The van der Waals surface area contributed by atoms with E-state index in [1.54, 1.807) is 18.2 Å². The van der Waals surface area contributed by atoms with E-state index in [1.807, 2.05) is 30.3 Å². The van der Waals surface area contributed by atoms with E-state index < -0.39 is 0 Å². The maximum atomic E-state index is 13.6. The minimum atomic E-state index is -0.370. The number of rotatable bonds is 7. The van der Waals surface area contributed by atoms with Crippen LogP contribution in [0.1, 0.15) is 23.2 Å². The van der Waals surface area contributed by atoms with Crippen LogP contribution in [0.3, 0.4) is 0 Å². The molecule has 1 aliphatic carbocycles. The number of nitrogens with one attached hydrogen (secondary N) is 1. The highest BCUT2D eigenvalue weighted by Gasteiger charge is 2.25. The number of pyridine rings is 1. The monoisotopic (exact) mass is 382 g/mol. The summed E-state index contributed by atoms with van der Waals surface area (Å²) in [6.45, 7) is 0.351. The minimum absolute atomic E-state index is 0.0550. The zero-order chi connectivity index (χ0) is 18.6. The third kappa shape index (κ3) is 4.39. The molecule has 4 rings (SSSR count). The summed E-state index contributed by atoms with van der Waals surface area (Å²) in [6, 6.07) is 16.1. The van der Waals surface area contributed by atoms with Gasteiger partial charge in [0.05, 0.1) is 22.7 Å². The molecule has 3 aromatic rings. The summed E-state index contributed by atoms with van der Waals surface area (Å²) < 4.78 is 19.1. The topological polar surface area (TPSA) is 51.2 Å². The summed E-state index contributed by atoms with van der Waals surface area (Å²) in [5.74, 6) is 0.420. The molecule has 0 bridgehead atoms. The maximum absolute atomic E-state index is 13.6. The molecular formula is C21H19FN2O2S. The number of carbonyl (C=O) groups is 1. The highest BCUT2D eigenvalue weighted by Crippen LogP contribution is 2.26. The SMILES string of the molecule is O=C(NC1CC1)c1cc(SCCOc2ccccc2F)nc2ccccc12. The third-order valence-corrected chi connectivity index (χ3v) is 5.15. The van der Waals surface area contributed by atoms with Crippen molar-refractivity contribution in [2.45, 2.75) is 23.9 Å². The zero-order valence-corrected chi connectivity index (χ0v) is 15.5. The van der Waals surface area contributed by atoms with Crippen molar-refractivity contribution in [3.63, 3.8) is 0 Å². The first-order chi connectivity index (χ1) is 13.2. The predicted octanol–water partition coefficient (Wildman–Crippen LogP) is 4.44. The average molecular weight is 382 g/mol. The van der Waals surface area contributed by atoms with Crippen molar-refractivity contribution in [2.24, 2.45) is 0 Å². The van der Waals surface area contributed by atoms with Gasteiger partial charge in [0.15, 0.2) is 11.6 Å². The molecule has 138 valence electrons. The molecule has 27 heavy (non-hydrogen) atoms. The van der Waals surface area contributed by atoms with Crippen LogP contribution in [0.2, 0.25) is 0 Å². The fraction of sp³-hybridized carbons (Fsp3) is 0.238.